The zero-order valence-corrected chi connectivity index (χ0v) is 12.4. The Balaban J connectivity index is 3.02. The van der Waals surface area contributed by atoms with E-state index in [-0.39, 0.29) is 12.1 Å². The van der Waals surface area contributed by atoms with Crippen molar-refractivity contribution in [3.05, 3.63) is 18.0 Å². The molecule has 0 saturated carbocycles. The van der Waals surface area contributed by atoms with Crippen LogP contribution >= 0.6 is 0 Å². The highest BCUT2D eigenvalue weighted by Gasteiger charge is 2.27. The fraction of sp³-hybridized carbons (Fsp3) is 0.786. The maximum Gasteiger partial charge on any atom is 0.0538 e. The maximum atomic E-state index is 6.35. The van der Waals surface area contributed by atoms with Crippen LogP contribution < -0.4 is 5.73 Å². The van der Waals surface area contributed by atoms with E-state index >= 15 is 0 Å². The molecule has 0 aliphatic heterocycles. The summed E-state index contributed by atoms with van der Waals surface area (Å²) in [6.45, 7) is 9.92. The van der Waals surface area contributed by atoms with Crippen LogP contribution in [0.5, 0.6) is 0 Å². The average Bonchev–Trinajstić information content (AvgIpc) is 2.74. The zero-order valence-electron chi connectivity index (χ0n) is 12.4. The van der Waals surface area contributed by atoms with Gasteiger partial charge in [0.2, 0.25) is 0 Å². The number of nitrogens with zero attached hydrogens (tertiary/aromatic N) is 3. The molecule has 1 aromatic rings. The Kier molecular flexibility index (Phi) is 5.82. The quantitative estimate of drug-likeness (QED) is 0.810. The van der Waals surface area contributed by atoms with Gasteiger partial charge < -0.3 is 5.73 Å². The molecule has 0 spiro atoms. The third-order valence-electron chi connectivity index (χ3n) is 3.45. The van der Waals surface area contributed by atoms with Crippen LogP contribution in [0.3, 0.4) is 0 Å². The Hall–Kier alpha value is -0.870. The van der Waals surface area contributed by atoms with Gasteiger partial charge in [-0.2, -0.15) is 5.10 Å². The van der Waals surface area contributed by atoms with Gasteiger partial charge in [-0.3, -0.25) is 9.58 Å². The van der Waals surface area contributed by atoms with E-state index in [0.717, 1.165) is 19.4 Å². The highest BCUT2D eigenvalue weighted by atomic mass is 15.3. The molecule has 4 heteroatoms. The normalized spacial score (nSPS) is 15.3. The van der Waals surface area contributed by atoms with E-state index < -0.39 is 0 Å². The van der Waals surface area contributed by atoms with Gasteiger partial charge >= 0.3 is 0 Å². The Bertz CT molecular complexity index is 345. The number of hydrogen-bond donors (Lipinski definition) is 1. The summed E-state index contributed by atoms with van der Waals surface area (Å²) in [6, 6.07) is 0.916. The van der Waals surface area contributed by atoms with E-state index in [1.165, 1.54) is 5.56 Å². The maximum absolute atomic E-state index is 6.35. The first-order chi connectivity index (χ1) is 8.51. The third-order valence-corrected chi connectivity index (χ3v) is 3.45. The highest BCUT2D eigenvalue weighted by molar-refractivity contribution is 5.13. The molecule has 0 aromatic carbocycles. The molecule has 2 unspecified atom stereocenters. The summed E-state index contributed by atoms with van der Waals surface area (Å²) in [5.74, 6) is 0. The van der Waals surface area contributed by atoms with Crippen molar-refractivity contribution in [1.82, 2.24) is 14.7 Å². The molecule has 104 valence electrons. The minimum absolute atomic E-state index is 0.156. The van der Waals surface area contributed by atoms with Crippen molar-refractivity contribution in [3.63, 3.8) is 0 Å². The highest BCUT2D eigenvalue weighted by Crippen LogP contribution is 2.26. The topological polar surface area (TPSA) is 47.1 Å². The van der Waals surface area contributed by atoms with E-state index in [0.29, 0.717) is 6.04 Å². The Morgan fingerprint density at radius 1 is 1.39 bits per heavy atom. The van der Waals surface area contributed by atoms with Crippen LogP contribution in [0.4, 0.5) is 0 Å². The Morgan fingerprint density at radius 2 is 2.06 bits per heavy atom. The molecule has 0 fully saturated rings. The minimum Gasteiger partial charge on any atom is -0.326 e. The van der Waals surface area contributed by atoms with Crippen molar-refractivity contribution in [1.29, 1.82) is 0 Å². The van der Waals surface area contributed by atoms with Gasteiger partial charge in [0.05, 0.1) is 12.2 Å². The number of nitrogens with two attached hydrogens (primary N) is 1. The first kappa shape index (κ1) is 15.2. The van der Waals surface area contributed by atoms with Crippen LogP contribution in [0.1, 0.15) is 52.1 Å². The van der Waals surface area contributed by atoms with Crippen LogP contribution in [-0.2, 0) is 7.05 Å². The standard InChI is InChI=1S/C14H28N4/c1-6-8-18(11(3)4)14(13(15)7-2)12-9-16-17(5)10-12/h9-11,13-14H,6-8,15H2,1-5H3. The van der Waals surface area contributed by atoms with Gasteiger partial charge in [0, 0.05) is 30.9 Å². The van der Waals surface area contributed by atoms with Crippen molar-refractivity contribution in [2.75, 3.05) is 6.54 Å². The van der Waals surface area contributed by atoms with Crippen LogP contribution in [0.15, 0.2) is 12.4 Å². The van der Waals surface area contributed by atoms with E-state index in [9.17, 15) is 0 Å². The minimum atomic E-state index is 0.156. The van der Waals surface area contributed by atoms with E-state index in [1.54, 1.807) is 0 Å². The van der Waals surface area contributed by atoms with Gasteiger partial charge in [-0.05, 0) is 33.2 Å². The molecule has 0 saturated heterocycles. The van der Waals surface area contributed by atoms with Gasteiger partial charge in [0.1, 0.15) is 0 Å². The van der Waals surface area contributed by atoms with Gasteiger partial charge in [-0.15, -0.1) is 0 Å². The van der Waals surface area contributed by atoms with Crippen molar-refractivity contribution in [2.24, 2.45) is 12.8 Å². The molecular formula is C14H28N4. The van der Waals surface area contributed by atoms with Gasteiger partial charge in [0.15, 0.2) is 0 Å². The smallest absolute Gasteiger partial charge is 0.0538 e. The second kappa shape index (κ2) is 6.90. The van der Waals surface area contributed by atoms with Gasteiger partial charge in [0.25, 0.3) is 0 Å². The van der Waals surface area contributed by atoms with Gasteiger partial charge in [-0.25, -0.2) is 0 Å². The third kappa shape index (κ3) is 3.56. The Morgan fingerprint density at radius 3 is 2.44 bits per heavy atom. The molecule has 0 aliphatic rings. The molecule has 0 radical (unpaired) electrons. The van der Waals surface area contributed by atoms with Gasteiger partial charge in [-0.1, -0.05) is 13.8 Å². The summed E-state index contributed by atoms with van der Waals surface area (Å²) in [5.41, 5.74) is 7.58. The molecule has 4 nitrogen and oxygen atoms in total. The molecule has 1 rings (SSSR count). The van der Waals surface area contributed by atoms with Crippen LogP contribution in [0, 0.1) is 0 Å². The predicted octanol–water partition coefficient (Wildman–Crippen LogP) is 2.32. The fourth-order valence-corrected chi connectivity index (χ4v) is 2.48. The summed E-state index contributed by atoms with van der Waals surface area (Å²) in [5, 5.41) is 4.29. The zero-order chi connectivity index (χ0) is 13.7. The lowest BCUT2D eigenvalue weighted by Crippen LogP contribution is -2.44. The largest absolute Gasteiger partial charge is 0.326 e. The molecule has 1 aromatic heterocycles. The number of aryl methyl sites for hydroxylation is 1. The lowest BCUT2D eigenvalue weighted by Gasteiger charge is -2.37. The molecule has 2 N–H and O–H groups in total. The molecule has 0 amide bonds. The molecule has 18 heavy (non-hydrogen) atoms. The molecule has 2 atom stereocenters. The van der Waals surface area contributed by atoms with Crippen molar-refractivity contribution in [2.45, 2.75) is 58.7 Å². The molecular weight excluding hydrogens is 224 g/mol. The van der Waals surface area contributed by atoms with E-state index in [2.05, 4.69) is 43.9 Å². The summed E-state index contributed by atoms with van der Waals surface area (Å²) in [4.78, 5) is 2.49. The lowest BCUT2D eigenvalue weighted by atomic mass is 9.97. The van der Waals surface area contributed by atoms with Crippen LogP contribution in [0.2, 0.25) is 0 Å². The average molecular weight is 252 g/mol. The number of hydrogen-bond acceptors (Lipinski definition) is 3. The summed E-state index contributed by atoms with van der Waals surface area (Å²) in [7, 11) is 1.96. The predicted molar refractivity (Wildman–Crippen MR) is 76.3 cm³/mol. The lowest BCUT2D eigenvalue weighted by molar-refractivity contribution is 0.130. The first-order valence-electron chi connectivity index (χ1n) is 7.01. The Labute approximate surface area is 111 Å². The number of rotatable bonds is 7. The summed E-state index contributed by atoms with van der Waals surface area (Å²) in [6.07, 6.45) is 6.16. The number of aromatic nitrogens is 2. The van der Waals surface area contributed by atoms with Crippen molar-refractivity contribution < 1.29 is 0 Å². The van der Waals surface area contributed by atoms with E-state index in [4.69, 9.17) is 5.73 Å². The second-order valence-corrected chi connectivity index (χ2v) is 5.30. The second-order valence-electron chi connectivity index (χ2n) is 5.30. The fourth-order valence-electron chi connectivity index (χ4n) is 2.48. The molecule has 1 heterocycles. The monoisotopic (exact) mass is 252 g/mol. The van der Waals surface area contributed by atoms with Crippen molar-refractivity contribution in [3.8, 4) is 0 Å². The molecule has 0 bridgehead atoms. The van der Waals surface area contributed by atoms with Crippen LogP contribution in [-0.4, -0.2) is 33.3 Å². The van der Waals surface area contributed by atoms with E-state index in [1.807, 2.05) is 17.9 Å². The molecule has 0 aliphatic carbocycles. The first-order valence-corrected chi connectivity index (χ1v) is 7.01. The summed E-state index contributed by atoms with van der Waals surface area (Å²) >= 11 is 0. The summed E-state index contributed by atoms with van der Waals surface area (Å²) < 4.78 is 1.86. The van der Waals surface area contributed by atoms with Crippen LogP contribution in [0.25, 0.3) is 0 Å². The van der Waals surface area contributed by atoms with Crippen molar-refractivity contribution >= 4 is 0 Å². The SMILES string of the molecule is CCCN(C(C)C)C(c1cnn(C)c1)C(N)CC.